The molecule has 1 aliphatic heterocycles. The summed E-state index contributed by atoms with van der Waals surface area (Å²) in [5, 5.41) is 12.5. The van der Waals surface area contributed by atoms with Gasteiger partial charge < -0.3 is 24.4 Å². The van der Waals surface area contributed by atoms with E-state index in [0.717, 1.165) is 0 Å². The number of carbonyl (C=O) groups is 2. The Morgan fingerprint density at radius 2 is 1.56 bits per heavy atom. The van der Waals surface area contributed by atoms with Gasteiger partial charge in [-0.05, 0) is 33.8 Å². The van der Waals surface area contributed by atoms with Gasteiger partial charge in [-0.1, -0.05) is 18.2 Å². The van der Waals surface area contributed by atoms with Gasteiger partial charge in [-0.15, -0.1) is 10.1 Å². The minimum atomic E-state index is -0.860. The van der Waals surface area contributed by atoms with E-state index in [4.69, 9.17) is 14.2 Å². The van der Waals surface area contributed by atoms with Crippen LogP contribution in [-0.2, 0) is 23.9 Å². The fourth-order valence-electron chi connectivity index (χ4n) is 3.49. The predicted molar refractivity (Wildman–Crippen MR) is 114 cm³/mol. The molecule has 1 aliphatic rings. The summed E-state index contributed by atoms with van der Waals surface area (Å²) >= 11 is 0. The summed E-state index contributed by atoms with van der Waals surface area (Å²) < 4.78 is 16.4. The zero-order chi connectivity index (χ0) is 23.7. The highest BCUT2D eigenvalue weighted by molar-refractivity contribution is 6.00. The Balaban J connectivity index is 2.47. The van der Waals surface area contributed by atoms with Crippen molar-refractivity contribution in [1.29, 1.82) is 0 Å². The lowest BCUT2D eigenvalue weighted by molar-refractivity contribution is -0.757. The van der Waals surface area contributed by atoms with Crippen LogP contribution in [-0.4, -0.2) is 43.5 Å². The first-order valence-electron chi connectivity index (χ1n) is 10.3. The maximum Gasteiger partial charge on any atom is 0.336 e. The summed E-state index contributed by atoms with van der Waals surface area (Å²) in [6.07, 6.45) is 0.279. The third-order valence-corrected chi connectivity index (χ3v) is 4.72. The Morgan fingerprint density at radius 3 is 2.09 bits per heavy atom. The molecule has 1 N–H and O–H groups in total. The molecule has 0 atom stereocenters. The van der Waals surface area contributed by atoms with Crippen molar-refractivity contribution in [2.45, 2.75) is 40.0 Å². The topological polar surface area (TPSA) is 126 Å². The van der Waals surface area contributed by atoms with Crippen molar-refractivity contribution in [3.8, 4) is 5.75 Å². The van der Waals surface area contributed by atoms with Crippen molar-refractivity contribution in [1.82, 2.24) is 5.32 Å². The summed E-state index contributed by atoms with van der Waals surface area (Å²) in [6.45, 7) is 7.27. The zero-order valence-electron chi connectivity index (χ0n) is 18.6. The second-order valence-corrected chi connectivity index (χ2v) is 6.87. The van der Waals surface area contributed by atoms with Crippen LogP contribution in [0.3, 0.4) is 0 Å². The fourth-order valence-corrected chi connectivity index (χ4v) is 3.49. The maximum atomic E-state index is 12.9. The fraction of sp³-hybridized carbons (Fsp3) is 0.455. The van der Waals surface area contributed by atoms with Gasteiger partial charge in [-0.25, -0.2) is 9.59 Å². The minimum Gasteiger partial charge on any atom is -0.493 e. The molecule has 0 aromatic heterocycles. The number of dihydropyridines is 1. The second-order valence-electron chi connectivity index (χ2n) is 6.87. The Hall–Kier alpha value is -3.56. The maximum absolute atomic E-state index is 12.9. The van der Waals surface area contributed by atoms with E-state index in [1.807, 2.05) is 0 Å². The number of hydrogen-bond donors (Lipinski definition) is 1. The highest BCUT2D eigenvalue weighted by atomic mass is 16.9. The summed E-state index contributed by atoms with van der Waals surface area (Å²) in [4.78, 5) is 40.4. The molecule has 0 amide bonds. The lowest BCUT2D eigenvalue weighted by Gasteiger charge is -2.31. The first-order chi connectivity index (χ1) is 15.3. The van der Waals surface area contributed by atoms with E-state index in [1.54, 1.807) is 52.0 Å². The molecular weight excluding hydrogens is 420 g/mol. The number of para-hydroxylation sites is 1. The summed E-state index contributed by atoms with van der Waals surface area (Å²) in [5.74, 6) is -1.44. The number of hydrogen-bond acceptors (Lipinski definition) is 9. The van der Waals surface area contributed by atoms with E-state index in [0.29, 0.717) is 22.7 Å². The molecule has 2 rings (SSSR count). The van der Waals surface area contributed by atoms with Crippen molar-refractivity contribution >= 4 is 11.9 Å². The van der Waals surface area contributed by atoms with Gasteiger partial charge in [0.1, 0.15) is 5.75 Å². The third kappa shape index (κ3) is 5.99. The van der Waals surface area contributed by atoms with Crippen molar-refractivity contribution in [3.05, 3.63) is 62.5 Å². The van der Waals surface area contributed by atoms with Crippen LogP contribution in [0.25, 0.3) is 0 Å². The van der Waals surface area contributed by atoms with Gasteiger partial charge in [0.15, 0.2) is 0 Å². The number of esters is 2. The molecule has 0 fully saturated rings. The summed E-state index contributed by atoms with van der Waals surface area (Å²) in [7, 11) is 0. The summed E-state index contributed by atoms with van der Waals surface area (Å²) in [5.41, 5.74) is 2.27. The van der Waals surface area contributed by atoms with Crippen molar-refractivity contribution in [2.75, 3.05) is 26.4 Å². The minimum absolute atomic E-state index is 0.108. The van der Waals surface area contributed by atoms with E-state index < -0.39 is 22.9 Å². The number of allylic oxidation sites excluding steroid dienone is 2. The normalized spacial score (nSPS) is 14.0. The molecule has 0 saturated heterocycles. The van der Waals surface area contributed by atoms with Gasteiger partial charge in [-0.3, -0.25) is 0 Å². The third-order valence-electron chi connectivity index (χ3n) is 4.72. The van der Waals surface area contributed by atoms with Crippen LogP contribution in [0, 0.1) is 10.1 Å². The van der Waals surface area contributed by atoms with Gasteiger partial charge in [0.2, 0.25) is 0 Å². The zero-order valence-corrected chi connectivity index (χ0v) is 18.6. The highest BCUT2D eigenvalue weighted by Gasteiger charge is 2.39. The smallest absolute Gasteiger partial charge is 0.336 e. The Labute approximate surface area is 186 Å². The molecule has 1 heterocycles. The van der Waals surface area contributed by atoms with E-state index in [1.165, 1.54) is 0 Å². The number of benzene rings is 1. The average Bonchev–Trinajstić information content (AvgIpc) is 2.73. The molecule has 174 valence electrons. The standard InChI is InChI=1S/C22H28N2O8/c1-5-29-21(25)18-14(3)23-15(4)19(22(26)30-6-2)20(18)16-10-7-8-11-17(16)31-12-9-13-32-24(27)28/h7-8,10-11,20,23H,5-6,9,12-13H2,1-4H3. The number of carbonyl (C=O) groups excluding carboxylic acids is 2. The largest absolute Gasteiger partial charge is 0.493 e. The monoisotopic (exact) mass is 448 g/mol. The SMILES string of the molecule is CCOC(=O)C1=C(C)NC(C)=C(C(=O)OCC)C1c1ccccc1OCCCO[N+](=O)[O-]. The van der Waals surface area contributed by atoms with Gasteiger partial charge in [0.25, 0.3) is 5.09 Å². The highest BCUT2D eigenvalue weighted by Crippen LogP contribution is 2.42. The Kier molecular flexibility index (Phi) is 9.06. The van der Waals surface area contributed by atoms with Gasteiger partial charge in [-0.2, -0.15) is 0 Å². The Bertz CT molecular complexity index is 882. The quantitative estimate of drug-likeness (QED) is 0.235. The Morgan fingerprint density at radius 1 is 1.00 bits per heavy atom. The van der Waals surface area contributed by atoms with Gasteiger partial charge in [0, 0.05) is 23.4 Å². The summed E-state index contributed by atoms with van der Waals surface area (Å²) in [6, 6.07) is 7.00. The molecule has 1 aromatic rings. The van der Waals surface area contributed by atoms with Crippen LogP contribution in [0.4, 0.5) is 0 Å². The van der Waals surface area contributed by atoms with E-state index in [2.05, 4.69) is 10.2 Å². The van der Waals surface area contributed by atoms with Crippen molar-refractivity contribution in [3.63, 3.8) is 0 Å². The number of rotatable bonds is 11. The van der Waals surface area contributed by atoms with E-state index in [-0.39, 0.29) is 44.0 Å². The molecule has 0 bridgehead atoms. The van der Waals surface area contributed by atoms with Crippen LogP contribution in [0.1, 0.15) is 45.6 Å². The predicted octanol–water partition coefficient (Wildman–Crippen LogP) is 3.02. The molecule has 0 spiro atoms. The lowest BCUT2D eigenvalue weighted by Crippen LogP contribution is -2.32. The average molecular weight is 448 g/mol. The molecule has 0 radical (unpaired) electrons. The molecule has 0 aliphatic carbocycles. The second kappa shape index (κ2) is 11.7. The molecule has 0 saturated carbocycles. The first kappa shape index (κ1) is 24.7. The molecule has 10 heteroatoms. The number of nitrogens with one attached hydrogen (secondary N) is 1. The van der Waals surface area contributed by atoms with Crippen LogP contribution in [0.2, 0.25) is 0 Å². The molecule has 10 nitrogen and oxygen atoms in total. The van der Waals surface area contributed by atoms with Gasteiger partial charge in [0.05, 0.1) is 43.5 Å². The molecule has 1 aromatic carbocycles. The van der Waals surface area contributed by atoms with E-state index >= 15 is 0 Å². The van der Waals surface area contributed by atoms with Crippen LogP contribution >= 0.6 is 0 Å². The van der Waals surface area contributed by atoms with Crippen LogP contribution < -0.4 is 10.1 Å². The lowest BCUT2D eigenvalue weighted by atomic mass is 9.80. The van der Waals surface area contributed by atoms with Crippen LogP contribution in [0.15, 0.2) is 46.8 Å². The number of nitrogens with zero attached hydrogens (tertiary/aromatic N) is 1. The van der Waals surface area contributed by atoms with Crippen LogP contribution in [0.5, 0.6) is 5.75 Å². The van der Waals surface area contributed by atoms with E-state index in [9.17, 15) is 19.7 Å². The molecule has 32 heavy (non-hydrogen) atoms. The van der Waals surface area contributed by atoms with Gasteiger partial charge >= 0.3 is 11.9 Å². The number of ether oxygens (including phenoxy) is 3. The van der Waals surface area contributed by atoms with Crippen molar-refractivity contribution < 1.29 is 33.7 Å². The molecule has 0 unspecified atom stereocenters. The van der Waals surface area contributed by atoms with Crippen molar-refractivity contribution in [2.24, 2.45) is 0 Å². The molecular formula is C22H28N2O8. The first-order valence-corrected chi connectivity index (χ1v) is 10.3.